The highest BCUT2D eigenvalue weighted by atomic mass is 16.5. The normalized spacial score (nSPS) is 23.5. The van der Waals surface area contributed by atoms with Gasteiger partial charge < -0.3 is 9.09 Å². The zero-order chi connectivity index (χ0) is 15.8. The summed E-state index contributed by atoms with van der Waals surface area (Å²) in [5.41, 5.74) is 0. The number of imidazole rings is 1. The Morgan fingerprint density at radius 1 is 1.26 bits per heavy atom. The largest absolute Gasteiger partial charge is 0.338 e. The van der Waals surface area contributed by atoms with E-state index in [0.717, 1.165) is 50.3 Å². The molecule has 124 valence electrons. The van der Waals surface area contributed by atoms with E-state index in [-0.39, 0.29) is 0 Å². The topological polar surface area (TPSA) is 63.2 Å². The van der Waals surface area contributed by atoms with Gasteiger partial charge in [0.25, 0.3) is 0 Å². The van der Waals surface area contributed by atoms with Crippen LogP contribution < -0.4 is 0 Å². The molecule has 2 aromatic rings. The first kappa shape index (κ1) is 14.8. The van der Waals surface area contributed by atoms with Crippen molar-refractivity contribution in [2.45, 2.75) is 44.8 Å². The molecule has 7 heteroatoms. The van der Waals surface area contributed by atoms with E-state index in [1.54, 1.807) is 0 Å². The number of nitrogens with zero attached hydrogens (tertiary/aromatic N) is 6. The summed E-state index contributed by atoms with van der Waals surface area (Å²) in [7, 11) is 2.05. The molecule has 3 heterocycles. The average molecular weight is 316 g/mol. The van der Waals surface area contributed by atoms with Gasteiger partial charge in [-0.3, -0.25) is 9.80 Å². The molecule has 2 fully saturated rings. The van der Waals surface area contributed by atoms with Crippen LogP contribution in [0.4, 0.5) is 0 Å². The molecular formula is C16H24N6O. The fraction of sp³-hybridized carbons (Fsp3) is 0.688. The molecule has 0 amide bonds. The molecule has 1 saturated carbocycles. The van der Waals surface area contributed by atoms with E-state index in [2.05, 4.69) is 43.5 Å². The highest BCUT2D eigenvalue weighted by molar-refractivity contribution is 5.03. The first-order valence-corrected chi connectivity index (χ1v) is 8.44. The Morgan fingerprint density at radius 3 is 2.83 bits per heavy atom. The highest BCUT2D eigenvalue weighted by Gasteiger charge is 2.30. The number of piperazine rings is 1. The van der Waals surface area contributed by atoms with E-state index in [1.807, 2.05) is 12.4 Å². The molecule has 0 spiro atoms. The molecule has 1 aliphatic carbocycles. The van der Waals surface area contributed by atoms with Gasteiger partial charge in [-0.1, -0.05) is 5.16 Å². The Balaban J connectivity index is 1.32. The molecule has 23 heavy (non-hydrogen) atoms. The quantitative estimate of drug-likeness (QED) is 0.830. The first-order chi connectivity index (χ1) is 11.2. The smallest absolute Gasteiger partial charge is 0.240 e. The Kier molecular flexibility index (Phi) is 3.90. The van der Waals surface area contributed by atoms with E-state index in [9.17, 15) is 0 Å². The maximum absolute atomic E-state index is 5.40. The van der Waals surface area contributed by atoms with Gasteiger partial charge >= 0.3 is 0 Å². The van der Waals surface area contributed by atoms with E-state index in [1.165, 1.54) is 12.8 Å². The Bertz CT molecular complexity index is 661. The van der Waals surface area contributed by atoms with Gasteiger partial charge in [0.2, 0.25) is 5.89 Å². The number of aromatic nitrogens is 4. The van der Waals surface area contributed by atoms with Crippen molar-refractivity contribution in [2.24, 2.45) is 7.05 Å². The molecule has 1 atom stereocenters. The molecule has 0 unspecified atom stereocenters. The third-order valence-electron chi connectivity index (χ3n) is 4.90. The molecular weight excluding hydrogens is 292 g/mol. The van der Waals surface area contributed by atoms with Crippen molar-refractivity contribution < 1.29 is 4.52 Å². The molecule has 1 saturated heterocycles. The minimum Gasteiger partial charge on any atom is -0.338 e. The predicted octanol–water partition coefficient (Wildman–Crippen LogP) is 1.39. The Labute approximate surface area is 136 Å². The maximum atomic E-state index is 5.40. The van der Waals surface area contributed by atoms with Crippen LogP contribution in [0.5, 0.6) is 0 Å². The lowest BCUT2D eigenvalue weighted by molar-refractivity contribution is 0.0645. The zero-order valence-corrected chi connectivity index (χ0v) is 13.9. The lowest BCUT2D eigenvalue weighted by Crippen LogP contribution is -2.51. The fourth-order valence-corrected chi connectivity index (χ4v) is 3.21. The standard InChI is InChI=1S/C16H24N6O/c1-12-9-21(11-15-18-16(19-23-15)13-3-4-13)7-8-22(12)10-14-17-5-6-20(14)2/h5-6,12-13H,3-4,7-11H2,1-2H3/t12-/m0/s1. The third kappa shape index (κ3) is 3.30. The van der Waals surface area contributed by atoms with E-state index in [0.29, 0.717) is 12.0 Å². The van der Waals surface area contributed by atoms with Crippen LogP contribution in [0, 0.1) is 0 Å². The van der Waals surface area contributed by atoms with Crippen LogP contribution in [-0.2, 0) is 20.1 Å². The summed E-state index contributed by atoms with van der Waals surface area (Å²) in [4.78, 5) is 13.9. The van der Waals surface area contributed by atoms with Gasteiger partial charge in [0.1, 0.15) is 5.82 Å². The summed E-state index contributed by atoms with van der Waals surface area (Å²) in [6.07, 6.45) is 6.29. The van der Waals surface area contributed by atoms with Gasteiger partial charge in [-0.15, -0.1) is 0 Å². The van der Waals surface area contributed by atoms with Crippen LogP contribution in [0.15, 0.2) is 16.9 Å². The first-order valence-electron chi connectivity index (χ1n) is 8.44. The second kappa shape index (κ2) is 6.05. The molecule has 2 aromatic heterocycles. The second-order valence-corrected chi connectivity index (χ2v) is 6.83. The number of hydrogen-bond donors (Lipinski definition) is 0. The minimum absolute atomic E-state index is 0.492. The summed E-state index contributed by atoms with van der Waals surface area (Å²) in [6.45, 7) is 7.03. The van der Waals surface area contributed by atoms with E-state index >= 15 is 0 Å². The van der Waals surface area contributed by atoms with Gasteiger partial charge in [0.15, 0.2) is 5.82 Å². The van der Waals surface area contributed by atoms with E-state index < -0.39 is 0 Å². The third-order valence-corrected chi connectivity index (χ3v) is 4.90. The summed E-state index contributed by atoms with van der Waals surface area (Å²) < 4.78 is 7.50. The molecule has 7 nitrogen and oxygen atoms in total. The Hall–Kier alpha value is -1.73. The van der Waals surface area contributed by atoms with Gasteiger partial charge in [0, 0.05) is 51.0 Å². The zero-order valence-electron chi connectivity index (χ0n) is 13.9. The van der Waals surface area contributed by atoms with Crippen LogP contribution in [0.1, 0.15) is 43.2 Å². The molecule has 4 rings (SSSR count). The van der Waals surface area contributed by atoms with Crippen molar-refractivity contribution in [3.05, 3.63) is 29.9 Å². The molecule has 0 bridgehead atoms. The molecule has 0 radical (unpaired) electrons. The van der Waals surface area contributed by atoms with Gasteiger partial charge in [-0.2, -0.15) is 4.98 Å². The minimum atomic E-state index is 0.492. The van der Waals surface area contributed by atoms with Gasteiger partial charge in [0.05, 0.1) is 13.1 Å². The fourth-order valence-electron chi connectivity index (χ4n) is 3.21. The van der Waals surface area contributed by atoms with Crippen molar-refractivity contribution in [1.29, 1.82) is 0 Å². The van der Waals surface area contributed by atoms with Crippen molar-refractivity contribution in [3.8, 4) is 0 Å². The average Bonchev–Trinajstić information content (AvgIpc) is 3.15. The molecule has 2 aliphatic rings. The predicted molar refractivity (Wildman–Crippen MR) is 84.6 cm³/mol. The van der Waals surface area contributed by atoms with Crippen LogP contribution in [0.3, 0.4) is 0 Å². The molecule has 1 aliphatic heterocycles. The van der Waals surface area contributed by atoms with Gasteiger partial charge in [-0.05, 0) is 19.8 Å². The molecule has 0 aromatic carbocycles. The molecule has 0 N–H and O–H groups in total. The lowest BCUT2D eigenvalue weighted by Gasteiger charge is -2.39. The van der Waals surface area contributed by atoms with Crippen molar-refractivity contribution >= 4 is 0 Å². The summed E-state index contributed by atoms with van der Waals surface area (Å²) in [6, 6.07) is 0.492. The summed E-state index contributed by atoms with van der Waals surface area (Å²) in [5, 5.41) is 4.10. The van der Waals surface area contributed by atoms with Gasteiger partial charge in [-0.25, -0.2) is 4.98 Å². The van der Waals surface area contributed by atoms with Crippen LogP contribution in [0.2, 0.25) is 0 Å². The maximum Gasteiger partial charge on any atom is 0.240 e. The van der Waals surface area contributed by atoms with Crippen LogP contribution >= 0.6 is 0 Å². The second-order valence-electron chi connectivity index (χ2n) is 6.83. The number of hydrogen-bond acceptors (Lipinski definition) is 6. The van der Waals surface area contributed by atoms with E-state index in [4.69, 9.17) is 4.52 Å². The monoisotopic (exact) mass is 316 g/mol. The van der Waals surface area contributed by atoms with Crippen molar-refractivity contribution in [1.82, 2.24) is 29.5 Å². The number of aryl methyl sites for hydroxylation is 1. The van der Waals surface area contributed by atoms with Crippen molar-refractivity contribution in [3.63, 3.8) is 0 Å². The van der Waals surface area contributed by atoms with Crippen molar-refractivity contribution in [2.75, 3.05) is 19.6 Å². The SMILES string of the molecule is C[C@H]1CN(Cc2nc(C3CC3)no2)CCN1Cc1nccn1C. The number of rotatable bonds is 5. The van der Waals surface area contributed by atoms with Crippen LogP contribution in [-0.4, -0.2) is 55.2 Å². The summed E-state index contributed by atoms with van der Waals surface area (Å²) >= 11 is 0. The Morgan fingerprint density at radius 2 is 2.13 bits per heavy atom. The summed E-state index contributed by atoms with van der Waals surface area (Å²) in [5.74, 6) is 3.34. The lowest BCUT2D eigenvalue weighted by atomic mass is 10.2. The highest BCUT2D eigenvalue weighted by Crippen LogP contribution is 2.38. The van der Waals surface area contributed by atoms with Crippen LogP contribution in [0.25, 0.3) is 0 Å².